The van der Waals surface area contributed by atoms with Crippen LogP contribution in [0.1, 0.15) is 23.1 Å². The van der Waals surface area contributed by atoms with Crippen LogP contribution in [0.15, 0.2) is 48.5 Å². The number of aryl methyl sites for hydroxylation is 2. The lowest BCUT2D eigenvalue weighted by molar-refractivity contribution is 0.0886. The zero-order valence-corrected chi connectivity index (χ0v) is 12.3. The summed E-state index contributed by atoms with van der Waals surface area (Å²) in [6, 6.07) is 16.2. The number of aliphatic hydroxyl groups excluding tert-OH is 2. The standard InChI is InChI=1S/C18H22O3/c1-14-2-4-16(5-3-14)13-21-18-10-7-15(8-11-18)6-9-17(20)12-19/h2-5,7-8,10-11,17,19-20H,6,9,12-13H2,1H3. The van der Waals surface area contributed by atoms with Crippen LogP contribution in [0.2, 0.25) is 0 Å². The van der Waals surface area contributed by atoms with Crippen LogP contribution in [0.5, 0.6) is 5.75 Å². The molecule has 2 aromatic carbocycles. The van der Waals surface area contributed by atoms with Gasteiger partial charge in [0.05, 0.1) is 12.7 Å². The molecule has 2 rings (SSSR count). The fourth-order valence-electron chi connectivity index (χ4n) is 2.03. The minimum atomic E-state index is -0.637. The second-order valence-corrected chi connectivity index (χ2v) is 5.29. The third kappa shape index (κ3) is 5.21. The molecule has 0 saturated carbocycles. The van der Waals surface area contributed by atoms with Gasteiger partial charge in [0.15, 0.2) is 0 Å². The monoisotopic (exact) mass is 286 g/mol. The van der Waals surface area contributed by atoms with Crippen molar-refractivity contribution in [1.29, 1.82) is 0 Å². The first kappa shape index (κ1) is 15.5. The van der Waals surface area contributed by atoms with Gasteiger partial charge in [-0.2, -0.15) is 0 Å². The van der Waals surface area contributed by atoms with Gasteiger partial charge in [0.2, 0.25) is 0 Å². The lowest BCUT2D eigenvalue weighted by Crippen LogP contribution is -2.12. The molecule has 3 heteroatoms. The normalized spacial score (nSPS) is 12.1. The number of hydrogen-bond acceptors (Lipinski definition) is 3. The third-order valence-corrected chi connectivity index (χ3v) is 3.43. The van der Waals surface area contributed by atoms with Crippen molar-refractivity contribution in [3.8, 4) is 5.75 Å². The summed E-state index contributed by atoms with van der Waals surface area (Å²) in [5.74, 6) is 0.835. The SMILES string of the molecule is Cc1ccc(COc2ccc(CCC(O)CO)cc2)cc1. The number of benzene rings is 2. The second kappa shape index (κ2) is 7.81. The summed E-state index contributed by atoms with van der Waals surface area (Å²) in [6.07, 6.45) is 0.683. The highest BCUT2D eigenvalue weighted by atomic mass is 16.5. The van der Waals surface area contributed by atoms with E-state index in [0.717, 1.165) is 23.3 Å². The summed E-state index contributed by atoms with van der Waals surface area (Å²) < 4.78 is 5.74. The van der Waals surface area contributed by atoms with E-state index in [2.05, 4.69) is 31.2 Å². The van der Waals surface area contributed by atoms with Crippen LogP contribution in [0.25, 0.3) is 0 Å². The Kier molecular flexibility index (Phi) is 5.78. The Balaban J connectivity index is 1.83. The van der Waals surface area contributed by atoms with Crippen molar-refractivity contribution >= 4 is 0 Å². The fraction of sp³-hybridized carbons (Fsp3) is 0.333. The van der Waals surface area contributed by atoms with E-state index in [0.29, 0.717) is 13.0 Å². The molecule has 0 aliphatic carbocycles. The van der Waals surface area contributed by atoms with Gasteiger partial charge >= 0.3 is 0 Å². The van der Waals surface area contributed by atoms with Crippen molar-refractivity contribution in [3.05, 3.63) is 65.2 Å². The summed E-state index contributed by atoms with van der Waals surface area (Å²) in [4.78, 5) is 0. The van der Waals surface area contributed by atoms with E-state index in [1.54, 1.807) is 0 Å². The Labute approximate surface area is 125 Å². The molecule has 0 bridgehead atoms. The zero-order valence-electron chi connectivity index (χ0n) is 12.3. The maximum absolute atomic E-state index is 9.33. The molecule has 21 heavy (non-hydrogen) atoms. The maximum Gasteiger partial charge on any atom is 0.119 e. The van der Waals surface area contributed by atoms with Gasteiger partial charge in [-0.05, 0) is 43.0 Å². The summed E-state index contributed by atoms with van der Waals surface area (Å²) in [5.41, 5.74) is 3.52. The van der Waals surface area contributed by atoms with Crippen LogP contribution >= 0.6 is 0 Å². The van der Waals surface area contributed by atoms with Crippen LogP contribution in [-0.2, 0) is 13.0 Å². The van der Waals surface area contributed by atoms with Crippen molar-refractivity contribution in [3.63, 3.8) is 0 Å². The Bertz CT molecular complexity index is 531. The summed E-state index contributed by atoms with van der Waals surface area (Å²) >= 11 is 0. The van der Waals surface area contributed by atoms with Gasteiger partial charge in [-0.3, -0.25) is 0 Å². The Morgan fingerprint density at radius 3 is 2.19 bits per heavy atom. The minimum Gasteiger partial charge on any atom is -0.489 e. The Morgan fingerprint density at radius 2 is 1.57 bits per heavy atom. The van der Waals surface area contributed by atoms with E-state index in [4.69, 9.17) is 9.84 Å². The van der Waals surface area contributed by atoms with Crippen LogP contribution < -0.4 is 4.74 Å². The summed E-state index contributed by atoms with van der Waals surface area (Å²) in [5, 5.41) is 18.1. The summed E-state index contributed by atoms with van der Waals surface area (Å²) in [7, 11) is 0. The fourth-order valence-corrected chi connectivity index (χ4v) is 2.03. The molecule has 0 spiro atoms. The van der Waals surface area contributed by atoms with Crippen molar-refractivity contribution in [1.82, 2.24) is 0 Å². The smallest absolute Gasteiger partial charge is 0.119 e. The molecule has 0 radical (unpaired) electrons. The zero-order chi connectivity index (χ0) is 15.1. The first-order valence-corrected chi connectivity index (χ1v) is 7.23. The second-order valence-electron chi connectivity index (χ2n) is 5.29. The highest BCUT2D eigenvalue weighted by Crippen LogP contribution is 2.16. The van der Waals surface area contributed by atoms with E-state index in [1.165, 1.54) is 5.56 Å². The molecule has 112 valence electrons. The third-order valence-electron chi connectivity index (χ3n) is 3.43. The van der Waals surface area contributed by atoms with Crippen molar-refractivity contribution in [2.75, 3.05) is 6.61 Å². The number of ether oxygens (including phenoxy) is 1. The lowest BCUT2D eigenvalue weighted by atomic mass is 10.1. The summed E-state index contributed by atoms with van der Waals surface area (Å²) in [6.45, 7) is 2.44. The van der Waals surface area contributed by atoms with E-state index in [1.807, 2.05) is 24.3 Å². The molecule has 3 nitrogen and oxygen atoms in total. The van der Waals surface area contributed by atoms with E-state index in [9.17, 15) is 5.11 Å². The van der Waals surface area contributed by atoms with Gasteiger partial charge in [-0.1, -0.05) is 42.0 Å². The molecule has 1 atom stereocenters. The molecule has 0 amide bonds. The number of aliphatic hydroxyl groups is 2. The average Bonchev–Trinajstić information content (AvgIpc) is 2.53. The number of rotatable bonds is 7. The number of hydrogen-bond donors (Lipinski definition) is 2. The van der Waals surface area contributed by atoms with Crippen LogP contribution in [0, 0.1) is 6.92 Å². The van der Waals surface area contributed by atoms with Crippen molar-refractivity contribution in [2.24, 2.45) is 0 Å². The molecule has 1 unspecified atom stereocenters. The molecule has 0 aromatic heterocycles. The van der Waals surface area contributed by atoms with Gasteiger partial charge in [0.1, 0.15) is 12.4 Å². The average molecular weight is 286 g/mol. The van der Waals surface area contributed by atoms with Gasteiger partial charge in [-0.15, -0.1) is 0 Å². The highest BCUT2D eigenvalue weighted by molar-refractivity contribution is 5.28. The largest absolute Gasteiger partial charge is 0.489 e. The van der Waals surface area contributed by atoms with Gasteiger partial charge in [0.25, 0.3) is 0 Å². The van der Waals surface area contributed by atoms with Gasteiger partial charge in [-0.25, -0.2) is 0 Å². The molecule has 0 aliphatic heterocycles. The first-order valence-electron chi connectivity index (χ1n) is 7.23. The molecule has 0 saturated heterocycles. The predicted octanol–water partition coefficient (Wildman–Crippen LogP) is 2.86. The van der Waals surface area contributed by atoms with Crippen LogP contribution in [0.4, 0.5) is 0 Å². The minimum absolute atomic E-state index is 0.183. The van der Waals surface area contributed by atoms with Gasteiger partial charge in [0, 0.05) is 0 Å². The molecular formula is C18H22O3. The van der Waals surface area contributed by atoms with E-state index in [-0.39, 0.29) is 6.61 Å². The van der Waals surface area contributed by atoms with Gasteiger partial charge < -0.3 is 14.9 Å². The highest BCUT2D eigenvalue weighted by Gasteiger charge is 2.03. The molecule has 0 heterocycles. The quantitative estimate of drug-likeness (QED) is 0.823. The van der Waals surface area contributed by atoms with Crippen molar-refractivity contribution in [2.45, 2.75) is 32.5 Å². The lowest BCUT2D eigenvalue weighted by Gasteiger charge is -2.09. The Morgan fingerprint density at radius 1 is 0.952 bits per heavy atom. The van der Waals surface area contributed by atoms with Crippen molar-refractivity contribution < 1.29 is 14.9 Å². The molecule has 2 N–H and O–H groups in total. The van der Waals surface area contributed by atoms with E-state index >= 15 is 0 Å². The predicted molar refractivity (Wildman–Crippen MR) is 83.4 cm³/mol. The van der Waals surface area contributed by atoms with E-state index < -0.39 is 6.10 Å². The van der Waals surface area contributed by atoms with Crippen LogP contribution in [0.3, 0.4) is 0 Å². The first-order chi connectivity index (χ1) is 10.2. The topological polar surface area (TPSA) is 49.7 Å². The molecular weight excluding hydrogens is 264 g/mol. The molecule has 0 fully saturated rings. The Hall–Kier alpha value is -1.84. The van der Waals surface area contributed by atoms with Crippen LogP contribution in [-0.4, -0.2) is 22.9 Å². The maximum atomic E-state index is 9.33. The molecule has 2 aromatic rings. The molecule has 0 aliphatic rings.